The van der Waals surface area contributed by atoms with Crippen LogP contribution < -0.4 is 19.5 Å². The summed E-state index contributed by atoms with van der Waals surface area (Å²) in [4.78, 5) is 17.2. The van der Waals surface area contributed by atoms with Crippen molar-refractivity contribution in [2.24, 2.45) is 0 Å². The number of carbonyl (C=O) groups excluding carboxylic acids is 1. The molecule has 1 aliphatic rings. The third-order valence-electron chi connectivity index (χ3n) is 4.94. The monoisotopic (exact) mass is 481 g/mol. The Balaban J connectivity index is 1.28. The minimum Gasteiger partial charge on any atom is -0.486 e. The van der Waals surface area contributed by atoms with Crippen LogP contribution in [0, 0.1) is 0 Å². The fourth-order valence-electron chi connectivity index (χ4n) is 3.38. The van der Waals surface area contributed by atoms with Crippen LogP contribution in [0.5, 0.6) is 11.5 Å². The number of aromatic nitrogens is 1. The van der Waals surface area contributed by atoms with E-state index in [0.29, 0.717) is 30.3 Å². The van der Waals surface area contributed by atoms with E-state index in [1.165, 1.54) is 29.5 Å². The van der Waals surface area contributed by atoms with Gasteiger partial charge in [0.15, 0.2) is 11.5 Å². The largest absolute Gasteiger partial charge is 0.486 e. The summed E-state index contributed by atoms with van der Waals surface area (Å²) in [5.74, 6) is 0.564. The fraction of sp³-hybridized carbons (Fsp3) is 0.130. The number of ether oxygens (including phenoxy) is 2. The average molecular weight is 482 g/mol. The molecule has 1 aliphatic heterocycles. The highest BCUT2D eigenvalue weighted by Gasteiger charge is 2.20. The molecule has 2 N–H and O–H groups in total. The Labute approximate surface area is 194 Å². The van der Waals surface area contributed by atoms with E-state index in [0.717, 1.165) is 15.2 Å². The van der Waals surface area contributed by atoms with E-state index in [-0.39, 0.29) is 23.0 Å². The normalized spacial score (nSPS) is 13.0. The fourth-order valence-corrected chi connectivity index (χ4v) is 5.35. The van der Waals surface area contributed by atoms with Crippen LogP contribution in [0.4, 0.5) is 5.69 Å². The van der Waals surface area contributed by atoms with E-state index in [1.807, 2.05) is 24.3 Å². The first-order valence-electron chi connectivity index (χ1n) is 10.1. The predicted octanol–water partition coefficient (Wildman–Crippen LogP) is 3.80. The summed E-state index contributed by atoms with van der Waals surface area (Å²) in [6.07, 6.45) is 0. The molecule has 0 saturated heterocycles. The van der Waals surface area contributed by atoms with Crippen molar-refractivity contribution in [2.45, 2.75) is 11.4 Å². The Hall–Kier alpha value is -3.63. The van der Waals surface area contributed by atoms with Gasteiger partial charge in [0.05, 0.1) is 21.7 Å². The Morgan fingerprint density at radius 2 is 1.79 bits per heavy atom. The Morgan fingerprint density at radius 3 is 2.64 bits per heavy atom. The van der Waals surface area contributed by atoms with Crippen LogP contribution in [0.15, 0.2) is 71.6 Å². The second kappa shape index (κ2) is 8.72. The highest BCUT2D eigenvalue weighted by atomic mass is 32.2. The third kappa shape index (κ3) is 4.62. The zero-order valence-electron chi connectivity index (χ0n) is 17.3. The lowest BCUT2D eigenvalue weighted by Crippen LogP contribution is -2.23. The molecule has 4 aromatic rings. The van der Waals surface area contributed by atoms with Crippen LogP contribution in [0.2, 0.25) is 0 Å². The van der Waals surface area contributed by atoms with E-state index in [2.05, 4.69) is 15.0 Å². The third-order valence-corrected chi connectivity index (χ3v) is 7.35. The second-order valence-corrected chi connectivity index (χ2v) is 10.0. The van der Waals surface area contributed by atoms with Crippen LogP contribution in [0.3, 0.4) is 0 Å². The first-order valence-corrected chi connectivity index (χ1v) is 12.4. The summed E-state index contributed by atoms with van der Waals surface area (Å²) in [5.41, 5.74) is 1.50. The molecule has 5 rings (SSSR count). The van der Waals surface area contributed by atoms with Crippen LogP contribution in [0.1, 0.15) is 15.4 Å². The van der Waals surface area contributed by atoms with Crippen molar-refractivity contribution < 1.29 is 22.7 Å². The summed E-state index contributed by atoms with van der Waals surface area (Å²) in [6, 6.07) is 18.5. The van der Waals surface area contributed by atoms with E-state index in [1.54, 1.807) is 24.3 Å². The van der Waals surface area contributed by atoms with Crippen LogP contribution >= 0.6 is 11.3 Å². The molecule has 0 fully saturated rings. The molecule has 8 nitrogen and oxygen atoms in total. The van der Waals surface area contributed by atoms with Crippen molar-refractivity contribution in [1.29, 1.82) is 0 Å². The molecule has 0 aliphatic carbocycles. The lowest BCUT2D eigenvalue weighted by atomic mass is 10.2. The number of fused-ring (bicyclic) bond motifs is 2. The van der Waals surface area contributed by atoms with E-state index >= 15 is 0 Å². The maximum absolute atomic E-state index is 12.8. The number of nitrogens with one attached hydrogen (secondary N) is 2. The van der Waals surface area contributed by atoms with Crippen LogP contribution in [-0.4, -0.2) is 32.5 Å². The molecular weight excluding hydrogens is 462 g/mol. The van der Waals surface area contributed by atoms with Gasteiger partial charge in [-0.25, -0.2) is 13.4 Å². The molecule has 3 aromatic carbocycles. The number of carbonyl (C=O) groups is 1. The molecule has 2 heterocycles. The number of amides is 1. The van der Waals surface area contributed by atoms with Crippen LogP contribution in [0.25, 0.3) is 10.2 Å². The molecule has 1 amide bonds. The highest BCUT2D eigenvalue weighted by molar-refractivity contribution is 7.92. The van der Waals surface area contributed by atoms with Gasteiger partial charge in [-0.15, -0.1) is 11.3 Å². The van der Waals surface area contributed by atoms with Gasteiger partial charge in [-0.05, 0) is 42.5 Å². The maximum atomic E-state index is 12.8. The van der Waals surface area contributed by atoms with Gasteiger partial charge in [0.2, 0.25) is 0 Å². The molecule has 0 saturated carbocycles. The number of thiazole rings is 1. The number of anilines is 1. The van der Waals surface area contributed by atoms with E-state index < -0.39 is 10.0 Å². The Bertz CT molecular complexity index is 1420. The second-order valence-electron chi connectivity index (χ2n) is 7.25. The number of sulfonamides is 1. The Kier molecular flexibility index (Phi) is 5.61. The van der Waals surface area contributed by atoms with Crippen molar-refractivity contribution in [3.05, 3.63) is 77.3 Å². The van der Waals surface area contributed by atoms with Crippen LogP contribution in [-0.2, 0) is 16.6 Å². The van der Waals surface area contributed by atoms with Gasteiger partial charge in [-0.2, -0.15) is 0 Å². The standard InChI is InChI=1S/C23H19N3O5S2/c27-23(24-14-22-25-18-6-1-2-7-21(18)32-22)15-4-3-5-16(12-15)26-33(28,29)17-8-9-19-20(13-17)31-11-10-30-19/h1-9,12-13,26H,10-11,14H2,(H,24,27). The lowest BCUT2D eigenvalue weighted by molar-refractivity contribution is 0.0951. The molecule has 0 spiro atoms. The van der Waals surface area contributed by atoms with Crippen molar-refractivity contribution in [2.75, 3.05) is 17.9 Å². The zero-order valence-corrected chi connectivity index (χ0v) is 18.9. The van der Waals surface area contributed by atoms with Gasteiger partial charge >= 0.3 is 0 Å². The zero-order chi connectivity index (χ0) is 22.8. The first kappa shape index (κ1) is 21.2. The molecule has 1 aromatic heterocycles. The number of nitrogens with zero attached hydrogens (tertiary/aromatic N) is 1. The first-order chi connectivity index (χ1) is 16.0. The highest BCUT2D eigenvalue weighted by Crippen LogP contribution is 2.32. The molecule has 0 bridgehead atoms. The topological polar surface area (TPSA) is 107 Å². The summed E-state index contributed by atoms with van der Waals surface area (Å²) >= 11 is 1.52. The molecule has 168 valence electrons. The Morgan fingerprint density at radius 1 is 0.970 bits per heavy atom. The molecule has 33 heavy (non-hydrogen) atoms. The van der Waals surface area contributed by atoms with Gasteiger partial charge in [-0.3, -0.25) is 9.52 Å². The smallest absolute Gasteiger partial charge is 0.262 e. The summed E-state index contributed by atoms with van der Waals surface area (Å²) in [5, 5.41) is 3.63. The maximum Gasteiger partial charge on any atom is 0.262 e. The summed E-state index contributed by atoms with van der Waals surface area (Å²) < 4.78 is 40.2. The van der Waals surface area contributed by atoms with Crippen molar-refractivity contribution in [3.63, 3.8) is 0 Å². The minimum atomic E-state index is -3.88. The minimum absolute atomic E-state index is 0.0393. The quantitative estimate of drug-likeness (QED) is 0.434. The van der Waals surface area contributed by atoms with E-state index in [4.69, 9.17) is 9.47 Å². The number of rotatable bonds is 6. The van der Waals surface area contributed by atoms with Gasteiger partial charge < -0.3 is 14.8 Å². The summed E-state index contributed by atoms with van der Waals surface area (Å²) in [7, 11) is -3.88. The number of hydrogen-bond donors (Lipinski definition) is 2. The van der Waals surface area contributed by atoms with Crippen molar-refractivity contribution in [3.8, 4) is 11.5 Å². The lowest BCUT2D eigenvalue weighted by Gasteiger charge is -2.19. The van der Waals surface area contributed by atoms with E-state index in [9.17, 15) is 13.2 Å². The molecule has 10 heteroatoms. The average Bonchev–Trinajstić information content (AvgIpc) is 3.25. The predicted molar refractivity (Wildman–Crippen MR) is 125 cm³/mol. The van der Waals surface area contributed by atoms with Gasteiger partial charge in [0, 0.05) is 17.3 Å². The summed E-state index contributed by atoms with van der Waals surface area (Å²) in [6.45, 7) is 1.06. The number of hydrogen-bond acceptors (Lipinski definition) is 7. The molecule has 0 atom stereocenters. The number of para-hydroxylation sites is 1. The number of benzene rings is 3. The van der Waals surface area contributed by atoms with Gasteiger partial charge in [0.25, 0.3) is 15.9 Å². The van der Waals surface area contributed by atoms with Crippen molar-refractivity contribution >= 4 is 43.2 Å². The van der Waals surface area contributed by atoms with Gasteiger partial charge in [0.1, 0.15) is 18.2 Å². The van der Waals surface area contributed by atoms with Gasteiger partial charge in [-0.1, -0.05) is 18.2 Å². The molecule has 0 unspecified atom stereocenters. The molecular formula is C23H19N3O5S2. The van der Waals surface area contributed by atoms with Crippen molar-refractivity contribution in [1.82, 2.24) is 10.3 Å². The SMILES string of the molecule is O=C(NCc1nc2ccccc2s1)c1cccc(NS(=O)(=O)c2ccc3c(c2)OCCO3)c1. The molecule has 0 radical (unpaired) electrons.